The number of nitrogens with zero attached hydrogens (tertiary/aromatic N) is 1. The molecule has 1 fully saturated rings. The van der Waals surface area contributed by atoms with Crippen molar-refractivity contribution in [2.45, 2.75) is 23.6 Å². The lowest BCUT2D eigenvalue weighted by molar-refractivity contribution is 0.0702. The third-order valence-electron chi connectivity index (χ3n) is 3.47. The number of carboxylic acid groups (broad SMARTS) is 1. The molecular weight excluding hydrogens is 300 g/mol. The maximum atomic E-state index is 12.3. The molecule has 2 unspecified atom stereocenters. The second-order valence-electron chi connectivity index (χ2n) is 5.18. The smallest absolute Gasteiger partial charge is 0.345 e. The Hall–Kier alpha value is -0.960. The summed E-state index contributed by atoms with van der Waals surface area (Å²) in [5.74, 6) is -0.883. The van der Waals surface area contributed by atoms with Gasteiger partial charge in [0.05, 0.1) is 0 Å². The molecule has 0 amide bonds. The minimum atomic E-state index is -3.64. The number of hydrogen-bond donors (Lipinski definition) is 2. The van der Waals surface area contributed by atoms with Crippen molar-refractivity contribution in [3.05, 3.63) is 17.0 Å². The molecular formula is C12H18N2O4S2. The van der Waals surface area contributed by atoms with Gasteiger partial charge in [0.2, 0.25) is 10.0 Å². The number of nitrogens with one attached hydrogen (secondary N) is 1. The first-order valence-electron chi connectivity index (χ1n) is 6.33. The molecule has 8 heteroatoms. The van der Waals surface area contributed by atoms with Gasteiger partial charge in [0.25, 0.3) is 0 Å². The number of carboxylic acids is 1. The summed E-state index contributed by atoms with van der Waals surface area (Å²) in [5.41, 5.74) is 0. The molecule has 2 N–H and O–H groups in total. The van der Waals surface area contributed by atoms with E-state index in [1.165, 1.54) is 12.1 Å². The molecule has 1 aliphatic heterocycles. The van der Waals surface area contributed by atoms with E-state index in [-0.39, 0.29) is 21.0 Å². The second-order valence-corrected chi connectivity index (χ2v) is 8.20. The molecule has 1 aromatic heterocycles. The molecule has 0 radical (unpaired) electrons. The van der Waals surface area contributed by atoms with Gasteiger partial charge in [0.1, 0.15) is 9.09 Å². The Balaban J connectivity index is 2.12. The summed E-state index contributed by atoms with van der Waals surface area (Å²) in [6.45, 7) is 3.71. The van der Waals surface area contributed by atoms with Crippen LogP contribution < -0.4 is 4.72 Å². The Morgan fingerprint density at radius 1 is 1.50 bits per heavy atom. The number of rotatable bonds is 4. The highest BCUT2D eigenvalue weighted by Crippen LogP contribution is 2.24. The van der Waals surface area contributed by atoms with Gasteiger partial charge in [0.15, 0.2) is 0 Å². The minimum absolute atomic E-state index is 0.0294. The fourth-order valence-corrected chi connectivity index (χ4v) is 4.91. The predicted molar refractivity (Wildman–Crippen MR) is 76.7 cm³/mol. The highest BCUT2D eigenvalue weighted by atomic mass is 32.2. The monoisotopic (exact) mass is 318 g/mol. The fourth-order valence-electron chi connectivity index (χ4n) is 2.37. The Bertz CT molecular complexity index is 596. The van der Waals surface area contributed by atoms with E-state index in [0.717, 1.165) is 30.8 Å². The van der Waals surface area contributed by atoms with Crippen molar-refractivity contribution in [1.29, 1.82) is 0 Å². The number of piperidine rings is 1. The number of sulfonamides is 1. The van der Waals surface area contributed by atoms with E-state index < -0.39 is 16.0 Å². The van der Waals surface area contributed by atoms with Gasteiger partial charge in [0, 0.05) is 12.6 Å². The number of likely N-dealkylation sites (tertiary alicyclic amines) is 1. The number of carbonyl (C=O) groups is 1. The SMILES string of the molecule is CC1CN(C)CCC1NS(=O)(=O)c1ccc(C(=O)O)s1. The second kappa shape index (κ2) is 5.80. The summed E-state index contributed by atoms with van der Waals surface area (Å²) in [4.78, 5) is 13.0. The van der Waals surface area contributed by atoms with Crippen LogP contribution in [-0.2, 0) is 10.0 Å². The van der Waals surface area contributed by atoms with E-state index in [4.69, 9.17) is 5.11 Å². The van der Waals surface area contributed by atoms with Crippen LogP contribution >= 0.6 is 11.3 Å². The van der Waals surface area contributed by atoms with Gasteiger partial charge in [-0.3, -0.25) is 0 Å². The normalized spacial score (nSPS) is 24.7. The van der Waals surface area contributed by atoms with E-state index in [1.807, 2.05) is 14.0 Å². The van der Waals surface area contributed by atoms with Gasteiger partial charge < -0.3 is 10.0 Å². The van der Waals surface area contributed by atoms with E-state index >= 15 is 0 Å². The highest BCUT2D eigenvalue weighted by molar-refractivity contribution is 7.91. The van der Waals surface area contributed by atoms with Crippen molar-refractivity contribution >= 4 is 27.3 Å². The van der Waals surface area contributed by atoms with Crippen molar-refractivity contribution in [2.24, 2.45) is 5.92 Å². The van der Waals surface area contributed by atoms with Crippen molar-refractivity contribution < 1.29 is 18.3 Å². The van der Waals surface area contributed by atoms with Crippen molar-refractivity contribution in [3.63, 3.8) is 0 Å². The standard InChI is InChI=1S/C12H18N2O4S2/c1-8-7-14(2)6-5-9(8)13-20(17,18)11-4-3-10(19-11)12(15)16/h3-4,8-9,13H,5-7H2,1-2H3,(H,15,16). The van der Waals surface area contributed by atoms with Crippen molar-refractivity contribution in [3.8, 4) is 0 Å². The number of hydrogen-bond acceptors (Lipinski definition) is 5. The van der Waals surface area contributed by atoms with Crippen LogP contribution in [0.1, 0.15) is 23.0 Å². The summed E-state index contributed by atoms with van der Waals surface area (Å²) in [7, 11) is -1.62. The zero-order valence-corrected chi connectivity index (χ0v) is 13.0. The maximum Gasteiger partial charge on any atom is 0.345 e. The third-order valence-corrected chi connectivity index (χ3v) is 6.53. The summed E-state index contributed by atoms with van der Waals surface area (Å²) in [6.07, 6.45) is 0.758. The Morgan fingerprint density at radius 2 is 2.20 bits per heavy atom. The van der Waals surface area contributed by atoms with Crippen LogP contribution in [0.3, 0.4) is 0 Å². The first-order chi connectivity index (χ1) is 9.29. The van der Waals surface area contributed by atoms with Gasteiger partial charge in [-0.25, -0.2) is 17.9 Å². The first kappa shape index (κ1) is 15.4. The van der Waals surface area contributed by atoms with Gasteiger partial charge >= 0.3 is 5.97 Å². The van der Waals surface area contributed by atoms with Crippen molar-refractivity contribution in [2.75, 3.05) is 20.1 Å². The lowest BCUT2D eigenvalue weighted by Gasteiger charge is -2.34. The minimum Gasteiger partial charge on any atom is -0.477 e. The molecule has 2 rings (SSSR count). The maximum absolute atomic E-state index is 12.3. The van der Waals surface area contributed by atoms with E-state index in [2.05, 4.69) is 9.62 Å². The number of thiophene rings is 1. The molecule has 0 aromatic carbocycles. The zero-order chi connectivity index (χ0) is 14.9. The quantitative estimate of drug-likeness (QED) is 0.867. The van der Waals surface area contributed by atoms with Gasteiger partial charge in [-0.2, -0.15) is 0 Å². The van der Waals surface area contributed by atoms with Crippen LogP contribution in [0.5, 0.6) is 0 Å². The first-order valence-corrected chi connectivity index (χ1v) is 8.63. The Labute approximate surface area is 122 Å². The van der Waals surface area contributed by atoms with Crippen LogP contribution in [0, 0.1) is 5.92 Å². The van der Waals surface area contributed by atoms with Crippen LogP contribution in [0.25, 0.3) is 0 Å². The molecule has 2 heterocycles. The average molecular weight is 318 g/mol. The lowest BCUT2D eigenvalue weighted by atomic mass is 9.95. The fraction of sp³-hybridized carbons (Fsp3) is 0.583. The lowest BCUT2D eigenvalue weighted by Crippen LogP contribution is -2.48. The molecule has 112 valence electrons. The molecule has 0 spiro atoms. The molecule has 0 bridgehead atoms. The molecule has 20 heavy (non-hydrogen) atoms. The summed E-state index contributed by atoms with van der Waals surface area (Å²) < 4.78 is 27.3. The van der Waals surface area contributed by atoms with Crippen molar-refractivity contribution in [1.82, 2.24) is 9.62 Å². The van der Waals surface area contributed by atoms with Crippen LogP contribution in [0.15, 0.2) is 16.3 Å². The van der Waals surface area contributed by atoms with Gasteiger partial charge in [-0.15, -0.1) is 11.3 Å². The van der Waals surface area contributed by atoms with E-state index in [1.54, 1.807) is 0 Å². The summed E-state index contributed by atoms with van der Waals surface area (Å²) in [5, 5.41) is 8.85. The highest BCUT2D eigenvalue weighted by Gasteiger charge is 2.29. The van der Waals surface area contributed by atoms with Crippen LogP contribution in [0.2, 0.25) is 0 Å². The molecule has 1 saturated heterocycles. The van der Waals surface area contributed by atoms with Gasteiger partial charge in [-0.05, 0) is 38.1 Å². The summed E-state index contributed by atoms with van der Waals surface area (Å²) in [6, 6.07) is 2.56. The molecule has 0 aliphatic carbocycles. The Morgan fingerprint density at radius 3 is 2.75 bits per heavy atom. The van der Waals surface area contributed by atoms with E-state index in [9.17, 15) is 13.2 Å². The summed E-state index contributed by atoms with van der Waals surface area (Å²) >= 11 is 0.778. The Kier molecular flexibility index (Phi) is 4.48. The van der Waals surface area contributed by atoms with E-state index in [0.29, 0.717) is 0 Å². The average Bonchev–Trinajstić information content (AvgIpc) is 2.83. The largest absolute Gasteiger partial charge is 0.477 e. The third kappa shape index (κ3) is 3.38. The topological polar surface area (TPSA) is 86.7 Å². The molecule has 2 atom stereocenters. The van der Waals surface area contributed by atoms with Gasteiger partial charge in [-0.1, -0.05) is 6.92 Å². The van der Waals surface area contributed by atoms with Crippen LogP contribution in [-0.4, -0.2) is 50.6 Å². The molecule has 6 nitrogen and oxygen atoms in total. The van der Waals surface area contributed by atoms with Crippen LogP contribution in [0.4, 0.5) is 0 Å². The number of aromatic carboxylic acids is 1. The predicted octanol–water partition coefficient (Wildman–Crippen LogP) is 1.06. The molecule has 1 aliphatic rings. The molecule has 1 aromatic rings. The zero-order valence-electron chi connectivity index (χ0n) is 11.4. The molecule has 0 saturated carbocycles.